The molecule has 1 fully saturated rings. The number of hydrogen-bond donors (Lipinski definition) is 0. The van der Waals surface area contributed by atoms with Gasteiger partial charge < -0.3 is 14.5 Å². The van der Waals surface area contributed by atoms with Crippen LogP contribution in [0.4, 0.5) is 14.6 Å². The number of piperazine rings is 1. The molecule has 0 bridgehead atoms. The van der Waals surface area contributed by atoms with Gasteiger partial charge in [-0.15, -0.1) is 15.3 Å². The van der Waals surface area contributed by atoms with Crippen molar-refractivity contribution >= 4 is 23.3 Å². The highest BCUT2D eigenvalue weighted by Gasteiger charge is 2.25. The summed E-state index contributed by atoms with van der Waals surface area (Å²) in [6.45, 7) is 4.12. The number of benzene rings is 2. The Morgan fingerprint density at radius 3 is 2.42 bits per heavy atom. The lowest BCUT2D eigenvalue weighted by atomic mass is 10.1. The van der Waals surface area contributed by atoms with Crippen LogP contribution in [0.2, 0.25) is 5.02 Å². The standard InChI is InChI=1S/C28H28ClF2N7O2/c1-19-24(38(35-32-19)23-10-6-21(7-11-23)28(30)31)18-40-26-13-12-25(33-34-26)37-16-15-36(27(39)17-37)14-2-3-20-4-8-22(29)9-5-20/h4-13,28H,2-3,14-18H2,1H3. The van der Waals surface area contributed by atoms with E-state index in [1.54, 1.807) is 35.9 Å². The van der Waals surface area contributed by atoms with Gasteiger partial charge in [-0.05, 0) is 55.7 Å². The minimum absolute atomic E-state index is 0.0577. The number of carbonyl (C=O) groups excluding carboxylic acids is 1. The van der Waals surface area contributed by atoms with Gasteiger partial charge in [-0.25, -0.2) is 13.5 Å². The summed E-state index contributed by atoms with van der Waals surface area (Å²) < 4.78 is 33.2. The molecule has 40 heavy (non-hydrogen) atoms. The van der Waals surface area contributed by atoms with E-state index in [4.69, 9.17) is 16.3 Å². The van der Waals surface area contributed by atoms with Gasteiger partial charge in [-0.2, -0.15) is 0 Å². The molecule has 1 aliphatic rings. The first-order chi connectivity index (χ1) is 19.4. The van der Waals surface area contributed by atoms with Crippen molar-refractivity contribution < 1.29 is 18.3 Å². The average molecular weight is 568 g/mol. The topological polar surface area (TPSA) is 89.3 Å². The van der Waals surface area contributed by atoms with Crippen molar-refractivity contribution in [2.45, 2.75) is 32.8 Å². The van der Waals surface area contributed by atoms with Crippen molar-refractivity contribution in [2.75, 3.05) is 31.1 Å². The molecule has 0 saturated carbocycles. The highest BCUT2D eigenvalue weighted by atomic mass is 35.5. The Hall–Kier alpha value is -4.12. The monoisotopic (exact) mass is 567 g/mol. The molecule has 12 heteroatoms. The molecule has 0 atom stereocenters. The van der Waals surface area contributed by atoms with E-state index < -0.39 is 6.43 Å². The second kappa shape index (κ2) is 12.4. The number of nitrogens with zero attached hydrogens (tertiary/aromatic N) is 7. The minimum atomic E-state index is -2.54. The first-order valence-corrected chi connectivity index (χ1v) is 13.3. The van der Waals surface area contributed by atoms with Crippen LogP contribution in [0.5, 0.6) is 5.88 Å². The molecule has 1 aliphatic heterocycles. The van der Waals surface area contributed by atoms with Gasteiger partial charge in [0.25, 0.3) is 6.43 Å². The zero-order valence-corrected chi connectivity index (χ0v) is 22.6. The molecule has 0 N–H and O–H groups in total. The van der Waals surface area contributed by atoms with Crippen LogP contribution < -0.4 is 9.64 Å². The van der Waals surface area contributed by atoms with Crippen molar-refractivity contribution in [3.05, 3.63) is 88.2 Å². The SMILES string of the molecule is Cc1nnn(-c2ccc(C(F)F)cc2)c1COc1ccc(N2CCN(CCCc3ccc(Cl)cc3)C(=O)C2)nn1. The largest absolute Gasteiger partial charge is 0.470 e. The van der Waals surface area contributed by atoms with Crippen LogP contribution in [0, 0.1) is 6.92 Å². The highest BCUT2D eigenvalue weighted by Crippen LogP contribution is 2.22. The molecule has 0 aliphatic carbocycles. The fourth-order valence-electron chi connectivity index (χ4n) is 4.48. The summed E-state index contributed by atoms with van der Waals surface area (Å²) in [4.78, 5) is 16.5. The van der Waals surface area contributed by atoms with Crippen LogP contribution in [-0.4, -0.2) is 62.2 Å². The average Bonchev–Trinajstić information content (AvgIpc) is 3.34. The van der Waals surface area contributed by atoms with Crippen LogP contribution in [0.3, 0.4) is 0 Å². The van der Waals surface area contributed by atoms with Crippen LogP contribution in [0.15, 0.2) is 60.7 Å². The summed E-state index contributed by atoms with van der Waals surface area (Å²) in [7, 11) is 0. The molecule has 208 valence electrons. The Morgan fingerprint density at radius 1 is 0.975 bits per heavy atom. The minimum Gasteiger partial charge on any atom is -0.470 e. The fraction of sp³-hybridized carbons (Fsp3) is 0.321. The Morgan fingerprint density at radius 2 is 1.75 bits per heavy atom. The van der Waals surface area contributed by atoms with Gasteiger partial charge in [0, 0.05) is 36.3 Å². The van der Waals surface area contributed by atoms with Crippen LogP contribution in [0.25, 0.3) is 5.69 Å². The molecular formula is C28H28ClF2N7O2. The number of amides is 1. The third kappa shape index (κ3) is 6.53. The van der Waals surface area contributed by atoms with E-state index in [2.05, 4.69) is 20.5 Å². The van der Waals surface area contributed by atoms with Crippen molar-refractivity contribution in [3.8, 4) is 11.6 Å². The summed E-state index contributed by atoms with van der Waals surface area (Å²) in [6.07, 6.45) is -0.767. The highest BCUT2D eigenvalue weighted by molar-refractivity contribution is 6.30. The van der Waals surface area contributed by atoms with Crippen LogP contribution in [-0.2, 0) is 17.8 Å². The maximum atomic E-state index is 12.9. The summed E-state index contributed by atoms with van der Waals surface area (Å²) >= 11 is 5.94. The van der Waals surface area contributed by atoms with Gasteiger partial charge >= 0.3 is 0 Å². The summed E-state index contributed by atoms with van der Waals surface area (Å²) in [5, 5.41) is 17.3. The molecule has 0 unspecified atom stereocenters. The Kier molecular flexibility index (Phi) is 8.49. The molecule has 1 saturated heterocycles. The first kappa shape index (κ1) is 27.4. The van der Waals surface area contributed by atoms with Gasteiger partial charge in [-0.3, -0.25) is 4.79 Å². The van der Waals surface area contributed by atoms with Crippen molar-refractivity contribution in [3.63, 3.8) is 0 Å². The summed E-state index contributed by atoms with van der Waals surface area (Å²) in [6, 6.07) is 17.1. The lowest BCUT2D eigenvalue weighted by Gasteiger charge is -2.34. The molecular weight excluding hydrogens is 540 g/mol. The second-order valence-corrected chi connectivity index (χ2v) is 9.91. The van der Waals surface area contributed by atoms with E-state index in [9.17, 15) is 13.6 Å². The molecule has 2 aromatic heterocycles. The van der Waals surface area contributed by atoms with E-state index in [0.29, 0.717) is 48.4 Å². The summed E-state index contributed by atoms with van der Waals surface area (Å²) in [5.74, 6) is 0.960. The maximum Gasteiger partial charge on any atom is 0.263 e. The van der Waals surface area contributed by atoms with Crippen molar-refractivity contribution in [1.82, 2.24) is 30.1 Å². The molecule has 5 rings (SSSR count). The van der Waals surface area contributed by atoms with Gasteiger partial charge in [0.15, 0.2) is 5.82 Å². The van der Waals surface area contributed by atoms with Crippen molar-refractivity contribution in [2.24, 2.45) is 0 Å². The predicted molar refractivity (Wildman–Crippen MR) is 146 cm³/mol. The Labute approximate surface area is 235 Å². The molecule has 0 radical (unpaired) electrons. The first-order valence-electron chi connectivity index (χ1n) is 12.9. The van der Waals surface area contributed by atoms with Crippen LogP contribution >= 0.6 is 11.6 Å². The summed E-state index contributed by atoms with van der Waals surface area (Å²) in [5.41, 5.74) is 3.04. The smallest absolute Gasteiger partial charge is 0.263 e. The lowest BCUT2D eigenvalue weighted by molar-refractivity contribution is -0.131. The predicted octanol–water partition coefficient (Wildman–Crippen LogP) is 4.82. The lowest BCUT2D eigenvalue weighted by Crippen LogP contribution is -2.51. The molecule has 2 aromatic carbocycles. The van der Waals surface area contributed by atoms with Gasteiger partial charge in [0.05, 0.1) is 17.9 Å². The molecule has 3 heterocycles. The molecule has 4 aromatic rings. The fourth-order valence-corrected chi connectivity index (χ4v) is 4.60. The number of rotatable bonds is 10. The Bertz CT molecular complexity index is 1430. The Balaban J connectivity index is 1.13. The van der Waals surface area contributed by atoms with Gasteiger partial charge in [-0.1, -0.05) is 41.1 Å². The number of alkyl halides is 2. The van der Waals surface area contributed by atoms with E-state index in [0.717, 1.165) is 17.9 Å². The van der Waals surface area contributed by atoms with E-state index >= 15 is 0 Å². The number of ether oxygens (including phenoxy) is 1. The second-order valence-electron chi connectivity index (χ2n) is 9.48. The maximum absolute atomic E-state index is 12.9. The third-order valence-electron chi connectivity index (χ3n) is 6.78. The number of halogens is 3. The number of anilines is 1. The normalized spacial score (nSPS) is 13.8. The van der Waals surface area contributed by atoms with Crippen LogP contribution in [0.1, 0.15) is 35.4 Å². The molecule has 1 amide bonds. The zero-order chi connectivity index (χ0) is 28.1. The quantitative estimate of drug-likeness (QED) is 0.271. The third-order valence-corrected chi connectivity index (χ3v) is 7.03. The molecule has 0 spiro atoms. The number of carbonyl (C=O) groups is 1. The van der Waals surface area contributed by atoms with E-state index in [1.165, 1.54) is 17.7 Å². The number of aromatic nitrogens is 5. The zero-order valence-electron chi connectivity index (χ0n) is 21.9. The van der Waals surface area contributed by atoms with E-state index in [1.807, 2.05) is 34.1 Å². The number of hydrogen-bond acceptors (Lipinski definition) is 7. The van der Waals surface area contributed by atoms with E-state index in [-0.39, 0.29) is 24.6 Å². The van der Waals surface area contributed by atoms with Gasteiger partial charge in [0.1, 0.15) is 12.3 Å². The number of aryl methyl sites for hydroxylation is 2. The van der Waals surface area contributed by atoms with Crippen molar-refractivity contribution in [1.29, 1.82) is 0 Å². The van der Waals surface area contributed by atoms with Gasteiger partial charge in [0.2, 0.25) is 11.8 Å². The molecule has 9 nitrogen and oxygen atoms in total.